The molecule has 0 atom stereocenters. The van der Waals surface area contributed by atoms with Crippen molar-refractivity contribution in [2.24, 2.45) is 0 Å². The molecule has 0 amide bonds. The highest BCUT2D eigenvalue weighted by atomic mass is 127. The first kappa shape index (κ1) is 13.1. The molecule has 3 aromatic rings. The Morgan fingerprint density at radius 1 is 0.895 bits per heavy atom. The van der Waals surface area contributed by atoms with E-state index >= 15 is 0 Å². The van der Waals surface area contributed by atoms with Crippen LogP contribution in [0.5, 0.6) is 0 Å². The molecule has 0 saturated heterocycles. The van der Waals surface area contributed by atoms with Crippen molar-refractivity contribution < 1.29 is 4.42 Å². The number of benzene rings is 2. The van der Waals surface area contributed by atoms with Gasteiger partial charge >= 0.3 is 5.63 Å². The van der Waals surface area contributed by atoms with E-state index in [1.165, 1.54) is 0 Å². The van der Waals surface area contributed by atoms with Gasteiger partial charge in [0.15, 0.2) is 0 Å². The lowest BCUT2D eigenvalue weighted by atomic mass is 10.1. The van der Waals surface area contributed by atoms with Crippen LogP contribution in [0, 0.1) is 7.14 Å². The Labute approximate surface area is 137 Å². The standard InChI is InChI=1S/C15H8I2O2/c16-10-6-12-11(13(17)7-10)8-14(19-15(12)18)9-4-2-1-3-5-9/h1-8H. The Morgan fingerprint density at radius 3 is 2.37 bits per heavy atom. The van der Waals surface area contributed by atoms with E-state index in [4.69, 9.17) is 4.42 Å². The van der Waals surface area contributed by atoms with Crippen LogP contribution in [0.4, 0.5) is 0 Å². The van der Waals surface area contributed by atoms with E-state index in [2.05, 4.69) is 51.2 Å². The second kappa shape index (κ2) is 5.24. The largest absolute Gasteiger partial charge is 0.422 e. The molecule has 0 aliphatic rings. The molecular formula is C15H8I2O2. The third-order valence-electron chi connectivity index (χ3n) is 2.85. The zero-order chi connectivity index (χ0) is 13.4. The Balaban J connectivity index is 2.34. The van der Waals surface area contributed by atoms with Crippen molar-refractivity contribution in [3.05, 3.63) is 66.1 Å². The fourth-order valence-electron chi connectivity index (χ4n) is 1.96. The maximum absolute atomic E-state index is 12.1. The van der Waals surface area contributed by atoms with Crippen LogP contribution >= 0.6 is 45.2 Å². The predicted octanol–water partition coefficient (Wildman–Crippen LogP) is 4.67. The monoisotopic (exact) mass is 474 g/mol. The van der Waals surface area contributed by atoms with Gasteiger partial charge in [0.2, 0.25) is 0 Å². The van der Waals surface area contributed by atoms with E-state index in [0.717, 1.165) is 18.1 Å². The summed E-state index contributed by atoms with van der Waals surface area (Å²) in [5.41, 5.74) is 0.628. The minimum absolute atomic E-state index is 0.284. The predicted molar refractivity (Wildman–Crippen MR) is 93.4 cm³/mol. The summed E-state index contributed by atoms with van der Waals surface area (Å²) in [5.74, 6) is 0.609. The van der Waals surface area contributed by atoms with E-state index < -0.39 is 0 Å². The molecule has 2 nitrogen and oxygen atoms in total. The van der Waals surface area contributed by atoms with Crippen LogP contribution < -0.4 is 5.63 Å². The second-order valence-corrected chi connectivity index (χ2v) is 6.52. The normalized spacial score (nSPS) is 10.8. The molecule has 0 N–H and O–H groups in total. The highest BCUT2D eigenvalue weighted by Crippen LogP contribution is 2.26. The summed E-state index contributed by atoms with van der Waals surface area (Å²) in [4.78, 5) is 12.1. The minimum Gasteiger partial charge on any atom is -0.422 e. The van der Waals surface area contributed by atoms with Crippen LogP contribution in [0.25, 0.3) is 22.1 Å². The Morgan fingerprint density at radius 2 is 1.63 bits per heavy atom. The summed E-state index contributed by atoms with van der Waals surface area (Å²) in [5, 5.41) is 1.58. The summed E-state index contributed by atoms with van der Waals surface area (Å²) < 4.78 is 7.52. The van der Waals surface area contributed by atoms with E-state index in [-0.39, 0.29) is 5.63 Å². The van der Waals surface area contributed by atoms with E-state index in [0.29, 0.717) is 11.1 Å². The number of hydrogen-bond acceptors (Lipinski definition) is 2. The maximum atomic E-state index is 12.1. The van der Waals surface area contributed by atoms with Gasteiger partial charge in [0.1, 0.15) is 5.76 Å². The van der Waals surface area contributed by atoms with Crippen molar-refractivity contribution in [1.82, 2.24) is 0 Å². The average Bonchev–Trinajstić information content (AvgIpc) is 2.41. The highest BCUT2D eigenvalue weighted by Gasteiger charge is 2.09. The van der Waals surface area contributed by atoms with E-state index in [1.807, 2.05) is 42.5 Å². The summed E-state index contributed by atoms with van der Waals surface area (Å²) in [6.45, 7) is 0. The molecule has 19 heavy (non-hydrogen) atoms. The molecule has 0 radical (unpaired) electrons. The summed E-state index contributed by atoms with van der Waals surface area (Å²) >= 11 is 4.46. The van der Waals surface area contributed by atoms with Crippen molar-refractivity contribution in [2.45, 2.75) is 0 Å². The molecule has 0 spiro atoms. The van der Waals surface area contributed by atoms with Crippen LogP contribution in [-0.4, -0.2) is 0 Å². The molecule has 0 saturated carbocycles. The number of halogens is 2. The van der Waals surface area contributed by atoms with E-state index in [1.54, 1.807) is 0 Å². The van der Waals surface area contributed by atoms with Crippen molar-refractivity contribution in [3.63, 3.8) is 0 Å². The van der Waals surface area contributed by atoms with Crippen LogP contribution in [0.3, 0.4) is 0 Å². The smallest absolute Gasteiger partial charge is 0.344 e. The lowest BCUT2D eigenvalue weighted by Crippen LogP contribution is -2.01. The Hall–Kier alpha value is -0.890. The SMILES string of the molecule is O=c1oc(-c2ccccc2)cc2c(I)cc(I)cc12. The zero-order valence-electron chi connectivity index (χ0n) is 9.69. The first-order valence-electron chi connectivity index (χ1n) is 5.63. The molecule has 1 heterocycles. The van der Waals surface area contributed by atoms with Crippen molar-refractivity contribution in [2.75, 3.05) is 0 Å². The number of hydrogen-bond donors (Lipinski definition) is 0. The quantitative estimate of drug-likeness (QED) is 0.481. The Kier molecular flexibility index (Phi) is 3.62. The van der Waals surface area contributed by atoms with Crippen molar-refractivity contribution in [3.8, 4) is 11.3 Å². The molecular weight excluding hydrogens is 466 g/mol. The van der Waals surface area contributed by atoms with Gasteiger partial charge in [-0.15, -0.1) is 0 Å². The van der Waals surface area contributed by atoms with E-state index in [9.17, 15) is 4.79 Å². The molecule has 3 rings (SSSR count). The third-order valence-corrected chi connectivity index (χ3v) is 4.37. The molecule has 94 valence electrons. The molecule has 0 unspecified atom stereocenters. The molecule has 4 heteroatoms. The lowest BCUT2D eigenvalue weighted by Gasteiger charge is -2.05. The third kappa shape index (κ3) is 2.55. The van der Waals surface area contributed by atoms with Gasteiger partial charge in [0.05, 0.1) is 5.39 Å². The zero-order valence-corrected chi connectivity index (χ0v) is 14.0. The first-order valence-corrected chi connectivity index (χ1v) is 7.79. The van der Waals surface area contributed by atoms with Crippen LogP contribution in [0.2, 0.25) is 0 Å². The highest BCUT2D eigenvalue weighted by molar-refractivity contribution is 14.1. The van der Waals surface area contributed by atoms with Gasteiger partial charge in [-0.05, 0) is 63.4 Å². The number of fused-ring (bicyclic) bond motifs is 1. The van der Waals surface area contributed by atoms with Crippen LogP contribution in [0.1, 0.15) is 0 Å². The maximum Gasteiger partial charge on any atom is 0.344 e. The average molecular weight is 474 g/mol. The summed E-state index contributed by atoms with van der Waals surface area (Å²) in [6.07, 6.45) is 0. The summed E-state index contributed by atoms with van der Waals surface area (Å²) in [7, 11) is 0. The van der Waals surface area contributed by atoms with Crippen molar-refractivity contribution in [1.29, 1.82) is 0 Å². The van der Waals surface area contributed by atoms with Crippen LogP contribution in [0.15, 0.2) is 57.7 Å². The second-order valence-electron chi connectivity index (χ2n) is 4.11. The first-order chi connectivity index (χ1) is 9.15. The fraction of sp³-hybridized carbons (Fsp3) is 0. The fourth-order valence-corrected chi connectivity index (χ4v) is 3.96. The lowest BCUT2D eigenvalue weighted by molar-refractivity contribution is 0.534. The van der Waals surface area contributed by atoms with Gasteiger partial charge in [-0.2, -0.15) is 0 Å². The van der Waals surface area contributed by atoms with Gasteiger partial charge in [0, 0.05) is 18.1 Å². The van der Waals surface area contributed by atoms with Gasteiger partial charge in [-0.1, -0.05) is 30.3 Å². The molecule has 0 aliphatic heterocycles. The van der Waals surface area contributed by atoms with Gasteiger partial charge in [-0.3, -0.25) is 0 Å². The van der Waals surface area contributed by atoms with Crippen molar-refractivity contribution >= 4 is 56.0 Å². The summed E-state index contributed by atoms with van der Waals surface area (Å²) in [6, 6.07) is 15.5. The molecule has 0 aliphatic carbocycles. The van der Waals surface area contributed by atoms with Gasteiger partial charge in [0.25, 0.3) is 0 Å². The molecule has 0 fully saturated rings. The van der Waals surface area contributed by atoms with Gasteiger partial charge < -0.3 is 4.42 Å². The topological polar surface area (TPSA) is 30.2 Å². The molecule has 0 bridgehead atoms. The molecule has 1 aromatic heterocycles. The number of rotatable bonds is 1. The minimum atomic E-state index is -0.284. The molecule has 2 aromatic carbocycles. The Bertz CT molecular complexity index is 807. The van der Waals surface area contributed by atoms with Gasteiger partial charge in [-0.25, -0.2) is 4.79 Å². The van der Waals surface area contributed by atoms with Crippen LogP contribution in [-0.2, 0) is 0 Å².